The highest BCUT2D eigenvalue weighted by molar-refractivity contribution is 4.55. The number of unbranched alkanes of at least 4 members (excludes halogenated alkanes) is 60. The van der Waals surface area contributed by atoms with Crippen molar-refractivity contribution >= 4 is 0 Å². The van der Waals surface area contributed by atoms with Crippen molar-refractivity contribution in [3.05, 3.63) is 0 Å². The summed E-state index contributed by atoms with van der Waals surface area (Å²) in [6, 6.07) is 0. The van der Waals surface area contributed by atoms with Crippen LogP contribution in [0, 0.1) is 0 Å². The van der Waals surface area contributed by atoms with Gasteiger partial charge in [-0.3, -0.25) is 0 Å². The first-order valence-corrected chi connectivity index (χ1v) is 39.0. The minimum Gasteiger partial charge on any atom is -0.331 e. The molecule has 0 bridgehead atoms. The predicted octanol–water partition coefficient (Wildman–Crippen LogP) is 26.4. The smallest absolute Gasteiger partial charge is 0.0780 e. The molecule has 0 spiro atoms. The van der Waals surface area contributed by atoms with E-state index >= 15 is 0 Å². The maximum absolute atomic E-state index is 5.48. The van der Waals surface area contributed by atoms with E-state index in [2.05, 4.69) is 73.2 Å². The fraction of sp³-hybridized carbons (Fsp3) is 1.00. The molecule has 0 fully saturated rings. The molecule has 0 aliphatic carbocycles. The maximum atomic E-state index is 5.48. The Bertz CT molecular complexity index is 958. The number of hydrogen-bond acceptors (Lipinski definition) is 3. The topological polar surface area (TPSA) is 41.3 Å². The lowest BCUT2D eigenvalue weighted by Crippen LogP contribution is -2.35. The van der Waals surface area contributed by atoms with Gasteiger partial charge >= 0.3 is 0 Å². The summed E-state index contributed by atoms with van der Waals surface area (Å²) in [5, 5.41) is 3.22. The summed E-state index contributed by atoms with van der Waals surface area (Å²) in [6.45, 7) is 13.8. The zero-order valence-electron chi connectivity index (χ0n) is 60.1. The highest BCUT2D eigenvalue weighted by Gasteiger charge is 2.05. The molecule has 82 heavy (non-hydrogen) atoms. The van der Waals surface area contributed by atoms with E-state index in [0.29, 0.717) is 0 Å². The molecule has 0 aromatic heterocycles. The average Bonchev–Trinajstić information content (AvgIpc) is 3.46. The van der Waals surface area contributed by atoms with Crippen LogP contribution in [0.3, 0.4) is 0 Å². The van der Waals surface area contributed by atoms with Crippen molar-refractivity contribution in [2.45, 2.75) is 439 Å². The Kier molecular flexibility index (Phi) is 91.6. The van der Waals surface area contributed by atoms with E-state index in [-0.39, 0.29) is 0 Å². The molecule has 0 aliphatic rings. The van der Waals surface area contributed by atoms with Gasteiger partial charge in [-0.15, -0.1) is 0 Å². The molecule has 0 aromatic rings. The first-order chi connectivity index (χ1) is 40.2. The van der Waals surface area contributed by atoms with Crippen LogP contribution in [0.4, 0.5) is 0 Å². The number of nitrogens with one attached hydrogen (secondary N) is 1. The Morgan fingerprint density at radius 3 is 0.585 bits per heavy atom. The van der Waals surface area contributed by atoms with Crippen LogP contribution in [0.25, 0.3) is 0 Å². The summed E-state index contributed by atoms with van der Waals surface area (Å²) in [5.41, 5.74) is 5.48. The molecule has 0 radical (unpaired) electrons. The third-order valence-corrected chi connectivity index (χ3v) is 17.5. The molecule has 3 N–H and O–H groups in total. The molecule has 0 aliphatic heterocycles. The Morgan fingerprint density at radius 1 is 0.244 bits per heavy atom. The van der Waals surface area contributed by atoms with Gasteiger partial charge in [0.25, 0.3) is 0 Å². The Hall–Kier alpha value is -0.160. The van der Waals surface area contributed by atoms with Crippen LogP contribution < -0.4 is 11.1 Å². The Morgan fingerprint density at radius 2 is 0.415 bits per heavy atom. The Labute approximate surface area is 524 Å². The highest BCUT2D eigenvalue weighted by Crippen LogP contribution is 2.18. The van der Waals surface area contributed by atoms with Gasteiger partial charge in [-0.2, -0.15) is 0 Å². The molecule has 500 valence electrons. The number of nitrogens with zero attached hydrogens (tertiary/aromatic N) is 2. The molecule has 4 nitrogen and oxygen atoms in total. The molecule has 0 heterocycles. The van der Waals surface area contributed by atoms with Gasteiger partial charge < -0.3 is 20.4 Å². The fourth-order valence-corrected chi connectivity index (χ4v) is 11.7. The summed E-state index contributed by atoms with van der Waals surface area (Å²) < 4.78 is 1.12. The van der Waals surface area contributed by atoms with Gasteiger partial charge in [-0.25, -0.2) is 0 Å². The third-order valence-electron chi connectivity index (χ3n) is 17.5. The van der Waals surface area contributed by atoms with Gasteiger partial charge in [0.1, 0.15) is 0 Å². The number of hydrogen-bond donors (Lipinski definition) is 2. The molecule has 0 saturated carbocycles. The van der Waals surface area contributed by atoms with Crippen molar-refractivity contribution < 1.29 is 4.48 Å². The zero-order chi connectivity index (χ0) is 60.9. The number of quaternary nitrogens is 1. The standard InChI is InChI=1S/C21H46N.C20H43N.C19H41N.C18H39N/c1-5-6-7-8-9-10-11-12-13-14-15-16-17-18-19-20-21-22(2,3)4;1-4-5-6-7-8-9-10-11-12-13-14-15-16-17-18-19-20-21(2)3;1-3-4-5-6-7-8-9-10-11-12-13-14-15-16-17-18-19-20-2;1-2-3-4-5-6-7-8-9-10-11-12-13-14-15-16-17-18-19/h5-21H2,1-4H3;4-20H2,1-3H3;20H,3-19H2,1-2H3;2-19H2,1H3/q+1;;;. The molecule has 0 saturated heterocycles. The summed E-state index contributed by atoms with van der Waals surface area (Å²) in [5.74, 6) is 0. The lowest BCUT2D eigenvalue weighted by molar-refractivity contribution is -0.870. The van der Waals surface area contributed by atoms with Gasteiger partial charge in [0, 0.05) is 0 Å². The molecule has 4 heteroatoms. The third kappa shape index (κ3) is 102. The van der Waals surface area contributed by atoms with Crippen LogP contribution in [-0.4, -0.2) is 77.8 Å². The van der Waals surface area contributed by atoms with Crippen molar-refractivity contribution in [1.82, 2.24) is 10.2 Å². The molecular formula is C78H169N4+. The zero-order valence-corrected chi connectivity index (χ0v) is 60.1. The van der Waals surface area contributed by atoms with E-state index < -0.39 is 0 Å². The average molecular weight is 1160 g/mol. The second kappa shape index (κ2) is 85.0. The molecular weight excluding hydrogens is 993 g/mol. The molecule has 0 amide bonds. The summed E-state index contributed by atoms with van der Waals surface area (Å²) in [7, 11) is 13.3. The van der Waals surface area contributed by atoms with Crippen molar-refractivity contribution in [1.29, 1.82) is 0 Å². The molecule has 0 rings (SSSR count). The van der Waals surface area contributed by atoms with E-state index in [1.807, 2.05) is 7.05 Å². The van der Waals surface area contributed by atoms with Crippen LogP contribution in [-0.2, 0) is 0 Å². The van der Waals surface area contributed by atoms with Crippen LogP contribution in [0.5, 0.6) is 0 Å². The van der Waals surface area contributed by atoms with Gasteiger partial charge in [0.15, 0.2) is 0 Å². The summed E-state index contributed by atoms with van der Waals surface area (Å²) in [4.78, 5) is 2.30. The minimum atomic E-state index is 0.873. The quantitative estimate of drug-likeness (QED) is 0.0471. The Balaban J connectivity index is -0.000000495. The molecule has 0 unspecified atom stereocenters. The summed E-state index contributed by atoms with van der Waals surface area (Å²) >= 11 is 0. The van der Waals surface area contributed by atoms with Gasteiger partial charge in [-0.1, -0.05) is 407 Å². The van der Waals surface area contributed by atoms with Crippen LogP contribution in [0.2, 0.25) is 0 Å². The lowest BCUT2D eigenvalue weighted by atomic mass is 10.0. The first-order valence-electron chi connectivity index (χ1n) is 39.0. The van der Waals surface area contributed by atoms with E-state index in [1.165, 1.54) is 431 Å². The van der Waals surface area contributed by atoms with Crippen molar-refractivity contribution in [3.63, 3.8) is 0 Å². The van der Waals surface area contributed by atoms with Crippen LogP contribution in [0.15, 0.2) is 0 Å². The van der Waals surface area contributed by atoms with E-state index in [4.69, 9.17) is 5.73 Å². The van der Waals surface area contributed by atoms with Gasteiger partial charge in [-0.05, 0) is 72.9 Å². The van der Waals surface area contributed by atoms with Gasteiger partial charge in [0.2, 0.25) is 0 Å². The van der Waals surface area contributed by atoms with E-state index in [0.717, 1.165) is 11.0 Å². The van der Waals surface area contributed by atoms with Crippen LogP contribution >= 0.6 is 0 Å². The van der Waals surface area contributed by atoms with E-state index in [1.54, 1.807) is 0 Å². The SMILES string of the molecule is CCCCCCCCCCCCCCCCCCN.CCCCCCCCCCCCCCCCCCN(C)C.CCCCCCCCCCCCCCCCCCNC.CCCCCCCCCCCCCCCCCC[N+](C)(C)C. The maximum Gasteiger partial charge on any atom is 0.0780 e. The molecule has 0 aromatic carbocycles. The van der Waals surface area contributed by atoms with Crippen molar-refractivity contribution in [2.24, 2.45) is 5.73 Å². The second-order valence-corrected chi connectivity index (χ2v) is 27.9. The predicted molar refractivity (Wildman–Crippen MR) is 383 cm³/mol. The van der Waals surface area contributed by atoms with Crippen LogP contribution in [0.1, 0.15) is 439 Å². The normalized spacial score (nSPS) is 11.4. The number of nitrogens with two attached hydrogens (primary N) is 1. The number of rotatable bonds is 67. The largest absolute Gasteiger partial charge is 0.331 e. The fourth-order valence-electron chi connectivity index (χ4n) is 11.7. The lowest BCUT2D eigenvalue weighted by Gasteiger charge is -2.23. The van der Waals surface area contributed by atoms with Gasteiger partial charge in [0.05, 0.1) is 27.7 Å². The first kappa shape index (κ1) is 88.3. The highest BCUT2D eigenvalue weighted by atomic mass is 15.3. The van der Waals surface area contributed by atoms with Crippen molar-refractivity contribution in [3.8, 4) is 0 Å². The minimum absolute atomic E-state index is 0.873. The second-order valence-electron chi connectivity index (χ2n) is 27.9. The van der Waals surface area contributed by atoms with E-state index in [9.17, 15) is 0 Å². The molecule has 0 atom stereocenters. The summed E-state index contributed by atoms with van der Waals surface area (Å²) in [6.07, 6.45) is 92.8. The van der Waals surface area contributed by atoms with Crippen molar-refractivity contribution in [2.75, 3.05) is 68.5 Å². The monoisotopic (exact) mass is 1160 g/mol.